The minimum atomic E-state index is 0.755. The number of nitrogens with two attached hydrogens (primary N) is 1. The first-order valence-electron chi connectivity index (χ1n) is 7.24. The zero-order chi connectivity index (χ0) is 12.0. The summed E-state index contributed by atoms with van der Waals surface area (Å²) in [6.45, 7) is 9.01. The molecule has 0 aromatic rings. The fraction of sp³-hybridized carbons (Fsp3) is 1.00. The molecule has 0 aliphatic heterocycles. The van der Waals surface area contributed by atoms with Gasteiger partial charge in [-0.15, -0.1) is 0 Å². The molecule has 2 heteroatoms. The summed E-state index contributed by atoms with van der Waals surface area (Å²) in [6.07, 6.45) is 8.03. The maximum absolute atomic E-state index is 5.91. The predicted octanol–water partition coefficient (Wildman–Crippen LogP) is 3.01. The largest absolute Gasteiger partial charge is 0.330 e. The van der Waals surface area contributed by atoms with E-state index in [1.54, 1.807) is 0 Å². The van der Waals surface area contributed by atoms with Crippen molar-refractivity contribution in [2.75, 3.05) is 13.1 Å². The topological polar surface area (TPSA) is 29.3 Å². The quantitative estimate of drug-likeness (QED) is 0.723. The highest BCUT2D eigenvalue weighted by atomic mass is 15.2. The summed E-state index contributed by atoms with van der Waals surface area (Å²) in [5, 5.41) is 0. The smallest absolute Gasteiger partial charge is 0.0138 e. The van der Waals surface area contributed by atoms with Crippen LogP contribution in [0.25, 0.3) is 0 Å². The van der Waals surface area contributed by atoms with Gasteiger partial charge >= 0.3 is 0 Å². The molecule has 0 radical (unpaired) electrons. The van der Waals surface area contributed by atoms with Gasteiger partial charge in [0.2, 0.25) is 0 Å². The van der Waals surface area contributed by atoms with Gasteiger partial charge in [-0.3, -0.25) is 4.90 Å². The molecule has 1 rings (SSSR count). The Morgan fingerprint density at radius 1 is 1.25 bits per heavy atom. The second-order valence-electron chi connectivity index (χ2n) is 5.18. The molecule has 16 heavy (non-hydrogen) atoms. The van der Waals surface area contributed by atoms with Crippen molar-refractivity contribution in [3.05, 3.63) is 0 Å². The van der Waals surface area contributed by atoms with Crippen LogP contribution in [-0.2, 0) is 0 Å². The van der Waals surface area contributed by atoms with Crippen molar-refractivity contribution in [3.8, 4) is 0 Å². The first-order valence-corrected chi connectivity index (χ1v) is 7.24. The molecular formula is C14H30N2. The fourth-order valence-corrected chi connectivity index (χ4v) is 3.43. The summed E-state index contributed by atoms with van der Waals surface area (Å²) in [4.78, 5) is 2.74. The zero-order valence-electron chi connectivity index (χ0n) is 11.4. The molecule has 1 aliphatic rings. The fourth-order valence-electron chi connectivity index (χ4n) is 3.43. The molecule has 1 saturated carbocycles. The summed E-state index contributed by atoms with van der Waals surface area (Å²) in [5.41, 5.74) is 5.91. The van der Waals surface area contributed by atoms with E-state index in [1.807, 2.05) is 0 Å². The number of nitrogens with zero attached hydrogens (tertiary/aromatic N) is 1. The van der Waals surface area contributed by atoms with Crippen molar-refractivity contribution in [2.24, 2.45) is 11.7 Å². The number of rotatable bonds is 7. The lowest BCUT2D eigenvalue weighted by Gasteiger charge is -2.38. The Balaban J connectivity index is 2.63. The molecule has 1 fully saturated rings. The predicted molar refractivity (Wildman–Crippen MR) is 71.6 cm³/mol. The van der Waals surface area contributed by atoms with Gasteiger partial charge in [-0.1, -0.05) is 33.6 Å². The van der Waals surface area contributed by atoms with E-state index in [0.717, 1.165) is 24.5 Å². The third-order valence-electron chi connectivity index (χ3n) is 4.28. The van der Waals surface area contributed by atoms with Crippen LogP contribution in [0.15, 0.2) is 0 Å². The third kappa shape index (κ3) is 3.21. The maximum Gasteiger partial charge on any atom is 0.0138 e. The van der Waals surface area contributed by atoms with Crippen LogP contribution in [0.5, 0.6) is 0 Å². The Morgan fingerprint density at radius 3 is 2.50 bits per heavy atom. The van der Waals surface area contributed by atoms with Crippen LogP contribution in [0.3, 0.4) is 0 Å². The molecule has 0 saturated heterocycles. The Morgan fingerprint density at radius 2 is 2.00 bits per heavy atom. The summed E-state index contributed by atoms with van der Waals surface area (Å²) in [7, 11) is 0. The van der Waals surface area contributed by atoms with E-state index in [-0.39, 0.29) is 0 Å². The molecule has 0 amide bonds. The summed E-state index contributed by atoms with van der Waals surface area (Å²) in [5.74, 6) is 0.755. The second kappa shape index (κ2) is 7.29. The van der Waals surface area contributed by atoms with Crippen molar-refractivity contribution in [2.45, 2.75) is 71.4 Å². The van der Waals surface area contributed by atoms with Crippen LogP contribution in [0.4, 0.5) is 0 Å². The van der Waals surface area contributed by atoms with Gasteiger partial charge in [0.05, 0.1) is 0 Å². The molecular weight excluding hydrogens is 196 g/mol. The molecule has 0 spiro atoms. The normalized spacial score (nSPS) is 27.6. The summed E-state index contributed by atoms with van der Waals surface area (Å²) < 4.78 is 0. The van der Waals surface area contributed by atoms with Crippen molar-refractivity contribution in [1.29, 1.82) is 0 Å². The molecule has 0 aromatic heterocycles. The number of hydrogen-bond donors (Lipinski definition) is 1. The molecule has 3 atom stereocenters. The zero-order valence-corrected chi connectivity index (χ0v) is 11.4. The van der Waals surface area contributed by atoms with Crippen LogP contribution in [-0.4, -0.2) is 30.1 Å². The van der Waals surface area contributed by atoms with Crippen LogP contribution >= 0.6 is 0 Å². The molecule has 0 bridgehead atoms. The first-order chi connectivity index (χ1) is 7.78. The highest BCUT2D eigenvalue weighted by Gasteiger charge is 2.32. The minimum Gasteiger partial charge on any atom is -0.330 e. The van der Waals surface area contributed by atoms with Gasteiger partial charge in [-0.05, 0) is 44.7 Å². The van der Waals surface area contributed by atoms with Crippen molar-refractivity contribution in [1.82, 2.24) is 4.90 Å². The average molecular weight is 226 g/mol. The van der Waals surface area contributed by atoms with Crippen LogP contribution in [0.1, 0.15) is 59.3 Å². The van der Waals surface area contributed by atoms with Crippen LogP contribution in [0.2, 0.25) is 0 Å². The average Bonchev–Trinajstić information content (AvgIpc) is 2.77. The SMILES string of the molecule is CCCC(CC)N(CC)C1CCCC1CN. The van der Waals surface area contributed by atoms with E-state index in [9.17, 15) is 0 Å². The standard InChI is InChI=1S/C14H30N2/c1-4-8-13(5-2)16(6-3)14-10-7-9-12(14)11-15/h12-14H,4-11,15H2,1-3H3. The molecule has 0 aromatic carbocycles. The monoisotopic (exact) mass is 226 g/mol. The first kappa shape index (κ1) is 14.0. The molecule has 1 aliphatic carbocycles. The Labute approximate surface area is 102 Å². The molecule has 2 N–H and O–H groups in total. The van der Waals surface area contributed by atoms with Gasteiger partial charge in [-0.25, -0.2) is 0 Å². The van der Waals surface area contributed by atoms with E-state index in [0.29, 0.717) is 0 Å². The molecule has 96 valence electrons. The van der Waals surface area contributed by atoms with E-state index in [4.69, 9.17) is 5.73 Å². The highest BCUT2D eigenvalue weighted by Crippen LogP contribution is 2.31. The maximum atomic E-state index is 5.91. The van der Waals surface area contributed by atoms with Gasteiger partial charge in [0.25, 0.3) is 0 Å². The van der Waals surface area contributed by atoms with E-state index < -0.39 is 0 Å². The Kier molecular flexibility index (Phi) is 6.37. The molecule has 0 heterocycles. The summed E-state index contributed by atoms with van der Waals surface area (Å²) in [6, 6.07) is 1.55. The lowest BCUT2D eigenvalue weighted by atomic mass is 9.98. The lowest BCUT2D eigenvalue weighted by Crippen LogP contribution is -2.46. The highest BCUT2D eigenvalue weighted by molar-refractivity contribution is 4.88. The summed E-state index contributed by atoms with van der Waals surface area (Å²) >= 11 is 0. The molecule has 2 nitrogen and oxygen atoms in total. The van der Waals surface area contributed by atoms with Crippen molar-refractivity contribution >= 4 is 0 Å². The van der Waals surface area contributed by atoms with Gasteiger partial charge in [-0.2, -0.15) is 0 Å². The van der Waals surface area contributed by atoms with Gasteiger partial charge in [0.1, 0.15) is 0 Å². The van der Waals surface area contributed by atoms with Crippen LogP contribution in [0, 0.1) is 5.92 Å². The van der Waals surface area contributed by atoms with Gasteiger partial charge in [0.15, 0.2) is 0 Å². The number of hydrogen-bond acceptors (Lipinski definition) is 2. The van der Waals surface area contributed by atoms with E-state index in [2.05, 4.69) is 25.7 Å². The van der Waals surface area contributed by atoms with Gasteiger partial charge in [0, 0.05) is 12.1 Å². The second-order valence-corrected chi connectivity index (χ2v) is 5.18. The molecule has 3 unspecified atom stereocenters. The van der Waals surface area contributed by atoms with Crippen LogP contribution < -0.4 is 5.73 Å². The third-order valence-corrected chi connectivity index (χ3v) is 4.28. The van der Waals surface area contributed by atoms with E-state index in [1.165, 1.54) is 45.1 Å². The lowest BCUT2D eigenvalue weighted by molar-refractivity contribution is 0.105. The Bertz CT molecular complexity index is 182. The van der Waals surface area contributed by atoms with Crippen molar-refractivity contribution < 1.29 is 0 Å². The van der Waals surface area contributed by atoms with E-state index >= 15 is 0 Å². The van der Waals surface area contributed by atoms with Gasteiger partial charge < -0.3 is 5.73 Å². The van der Waals surface area contributed by atoms with Crippen molar-refractivity contribution in [3.63, 3.8) is 0 Å². The Hall–Kier alpha value is -0.0800. The minimum absolute atomic E-state index is 0.755.